The number of nitrogens with zero attached hydrogens (tertiary/aromatic N) is 2. The fourth-order valence-electron chi connectivity index (χ4n) is 1.46. The smallest absolute Gasteiger partial charge is 0.279 e. The molecule has 0 N–H and O–H groups in total. The highest BCUT2D eigenvalue weighted by Gasteiger charge is 2.16. The molecule has 0 unspecified atom stereocenters. The minimum absolute atomic E-state index is 0.0470. The van der Waals surface area contributed by atoms with Crippen molar-refractivity contribution in [3.05, 3.63) is 45.6 Å². The van der Waals surface area contributed by atoms with Gasteiger partial charge in [0.15, 0.2) is 11.6 Å². The molecule has 6 heteroatoms. The standard InChI is InChI=1S/C12H14F2N2O2/c1-3-15(4-2)6-5-9-7-10(13)11(14)8-12(9)16(17)18/h5-8H,3-4H2,1-2H3. The monoisotopic (exact) mass is 256 g/mol. The van der Waals surface area contributed by atoms with E-state index in [9.17, 15) is 18.9 Å². The second-order valence-corrected chi connectivity index (χ2v) is 3.62. The topological polar surface area (TPSA) is 46.4 Å². The number of hydrogen-bond donors (Lipinski definition) is 0. The molecule has 0 aromatic heterocycles. The molecule has 98 valence electrons. The summed E-state index contributed by atoms with van der Waals surface area (Å²) in [5.74, 6) is -2.32. The highest BCUT2D eigenvalue weighted by Crippen LogP contribution is 2.23. The number of nitro benzene ring substituents is 1. The first-order valence-corrected chi connectivity index (χ1v) is 5.55. The van der Waals surface area contributed by atoms with Crippen LogP contribution in [0, 0.1) is 21.7 Å². The van der Waals surface area contributed by atoms with Crippen LogP contribution in [0.25, 0.3) is 6.08 Å². The Labute approximate surface area is 104 Å². The molecule has 0 radical (unpaired) electrons. The molecular weight excluding hydrogens is 242 g/mol. The van der Waals surface area contributed by atoms with Crippen molar-refractivity contribution in [2.24, 2.45) is 0 Å². The third-order valence-corrected chi connectivity index (χ3v) is 2.54. The van der Waals surface area contributed by atoms with Crippen molar-refractivity contribution in [3.8, 4) is 0 Å². The summed E-state index contributed by atoms with van der Waals surface area (Å²) in [4.78, 5) is 11.9. The first-order valence-electron chi connectivity index (χ1n) is 5.55. The average Bonchev–Trinajstić information content (AvgIpc) is 2.34. The van der Waals surface area contributed by atoms with Crippen molar-refractivity contribution in [2.75, 3.05) is 13.1 Å². The maximum atomic E-state index is 13.1. The van der Waals surface area contributed by atoms with Crippen molar-refractivity contribution >= 4 is 11.8 Å². The van der Waals surface area contributed by atoms with Crippen molar-refractivity contribution < 1.29 is 13.7 Å². The summed E-state index contributed by atoms with van der Waals surface area (Å²) in [6.45, 7) is 5.30. The Kier molecular flexibility index (Phi) is 4.76. The number of halogens is 2. The Morgan fingerprint density at radius 3 is 2.33 bits per heavy atom. The van der Waals surface area contributed by atoms with Gasteiger partial charge >= 0.3 is 0 Å². The fraction of sp³-hybridized carbons (Fsp3) is 0.333. The summed E-state index contributed by atoms with van der Waals surface area (Å²) in [6, 6.07) is 1.42. The van der Waals surface area contributed by atoms with Crippen LogP contribution in [0.4, 0.5) is 14.5 Å². The van der Waals surface area contributed by atoms with Crippen LogP contribution in [0.15, 0.2) is 18.3 Å². The number of hydrogen-bond acceptors (Lipinski definition) is 3. The summed E-state index contributed by atoms with van der Waals surface area (Å²) in [6.07, 6.45) is 3.04. The van der Waals surface area contributed by atoms with Gasteiger partial charge in [0.1, 0.15) is 0 Å². The predicted molar refractivity (Wildman–Crippen MR) is 65.0 cm³/mol. The van der Waals surface area contributed by atoms with Crippen LogP contribution < -0.4 is 0 Å². The maximum absolute atomic E-state index is 13.1. The third kappa shape index (κ3) is 3.26. The Balaban J connectivity index is 3.14. The van der Waals surface area contributed by atoms with Gasteiger partial charge in [0.2, 0.25) is 0 Å². The lowest BCUT2D eigenvalue weighted by atomic mass is 10.1. The van der Waals surface area contributed by atoms with Gasteiger partial charge in [-0.1, -0.05) is 0 Å². The van der Waals surface area contributed by atoms with Crippen molar-refractivity contribution in [1.82, 2.24) is 4.90 Å². The normalized spacial score (nSPS) is 10.9. The van der Waals surface area contributed by atoms with E-state index in [0.29, 0.717) is 6.07 Å². The molecule has 0 aliphatic carbocycles. The van der Waals surface area contributed by atoms with E-state index in [1.165, 1.54) is 6.08 Å². The second kappa shape index (κ2) is 6.09. The molecule has 1 aromatic carbocycles. The Hall–Kier alpha value is -1.98. The minimum Gasteiger partial charge on any atom is -0.378 e. The van der Waals surface area contributed by atoms with Gasteiger partial charge in [-0.15, -0.1) is 0 Å². The summed E-state index contributed by atoms with van der Waals surface area (Å²) in [5, 5.41) is 10.7. The highest BCUT2D eigenvalue weighted by atomic mass is 19.2. The van der Waals surface area contributed by atoms with Gasteiger partial charge in [-0.3, -0.25) is 10.1 Å². The lowest BCUT2D eigenvalue weighted by molar-refractivity contribution is -0.385. The maximum Gasteiger partial charge on any atom is 0.279 e. The molecule has 4 nitrogen and oxygen atoms in total. The molecule has 0 atom stereocenters. The first kappa shape index (κ1) is 14.1. The second-order valence-electron chi connectivity index (χ2n) is 3.62. The Bertz CT molecular complexity index is 471. The quantitative estimate of drug-likeness (QED) is 0.600. The van der Waals surface area contributed by atoms with E-state index in [-0.39, 0.29) is 5.56 Å². The zero-order chi connectivity index (χ0) is 13.7. The van der Waals surface area contributed by atoms with E-state index in [2.05, 4.69) is 0 Å². The lowest BCUT2D eigenvalue weighted by Gasteiger charge is -2.14. The van der Waals surface area contributed by atoms with E-state index in [1.807, 2.05) is 18.7 Å². The summed E-state index contributed by atoms with van der Waals surface area (Å²) >= 11 is 0. The molecule has 0 spiro atoms. The summed E-state index contributed by atoms with van der Waals surface area (Å²) in [7, 11) is 0. The summed E-state index contributed by atoms with van der Waals surface area (Å²) < 4.78 is 26.0. The lowest BCUT2D eigenvalue weighted by Crippen LogP contribution is -2.15. The molecule has 0 amide bonds. The zero-order valence-corrected chi connectivity index (χ0v) is 10.2. The van der Waals surface area contributed by atoms with Gasteiger partial charge in [0.05, 0.1) is 16.6 Å². The molecule has 1 rings (SSSR count). The first-order chi connectivity index (χ1) is 8.49. The van der Waals surface area contributed by atoms with Crippen molar-refractivity contribution in [3.63, 3.8) is 0 Å². The number of benzene rings is 1. The number of rotatable bonds is 5. The van der Waals surface area contributed by atoms with Gasteiger partial charge < -0.3 is 4.90 Å². The van der Waals surface area contributed by atoms with E-state index in [1.54, 1.807) is 6.20 Å². The van der Waals surface area contributed by atoms with Crippen LogP contribution in [-0.4, -0.2) is 22.9 Å². The molecule has 0 fully saturated rings. The molecular formula is C12H14F2N2O2. The molecule has 1 aromatic rings. The van der Waals surface area contributed by atoms with Crippen LogP contribution >= 0.6 is 0 Å². The third-order valence-electron chi connectivity index (χ3n) is 2.54. The van der Waals surface area contributed by atoms with E-state index in [0.717, 1.165) is 19.2 Å². The van der Waals surface area contributed by atoms with Gasteiger partial charge in [-0.25, -0.2) is 8.78 Å². The van der Waals surface area contributed by atoms with Crippen LogP contribution in [-0.2, 0) is 0 Å². The average molecular weight is 256 g/mol. The van der Waals surface area contributed by atoms with Crippen LogP contribution in [0.3, 0.4) is 0 Å². The summed E-state index contributed by atoms with van der Waals surface area (Å²) in [5.41, 5.74) is -0.400. The fourth-order valence-corrected chi connectivity index (χ4v) is 1.46. The number of nitro groups is 1. The molecule has 0 saturated carbocycles. The minimum atomic E-state index is -1.22. The SMILES string of the molecule is CCN(C=Cc1cc(F)c(F)cc1[N+](=O)[O-])CC. The van der Waals surface area contributed by atoms with E-state index < -0.39 is 22.2 Å². The largest absolute Gasteiger partial charge is 0.378 e. The molecule has 0 aliphatic rings. The molecule has 18 heavy (non-hydrogen) atoms. The van der Waals surface area contributed by atoms with Crippen LogP contribution in [0.5, 0.6) is 0 Å². The zero-order valence-electron chi connectivity index (χ0n) is 10.2. The van der Waals surface area contributed by atoms with Crippen LogP contribution in [0.2, 0.25) is 0 Å². The van der Waals surface area contributed by atoms with Gasteiger partial charge in [0, 0.05) is 13.1 Å². The van der Waals surface area contributed by atoms with Gasteiger partial charge in [-0.05, 0) is 32.2 Å². The predicted octanol–water partition coefficient (Wildman–Crippen LogP) is 3.19. The molecule has 0 heterocycles. The molecule has 0 aliphatic heterocycles. The van der Waals surface area contributed by atoms with Crippen molar-refractivity contribution in [1.29, 1.82) is 0 Å². The molecule has 0 bridgehead atoms. The molecule has 0 saturated heterocycles. The van der Waals surface area contributed by atoms with Gasteiger partial charge in [-0.2, -0.15) is 0 Å². The van der Waals surface area contributed by atoms with Crippen LogP contribution in [0.1, 0.15) is 19.4 Å². The Morgan fingerprint density at radius 1 is 1.28 bits per heavy atom. The highest BCUT2D eigenvalue weighted by molar-refractivity contribution is 5.60. The van der Waals surface area contributed by atoms with Gasteiger partial charge in [0.25, 0.3) is 5.69 Å². The van der Waals surface area contributed by atoms with E-state index >= 15 is 0 Å². The Morgan fingerprint density at radius 2 is 1.83 bits per heavy atom. The van der Waals surface area contributed by atoms with Crippen molar-refractivity contribution in [2.45, 2.75) is 13.8 Å². The van der Waals surface area contributed by atoms with E-state index in [4.69, 9.17) is 0 Å².